The molecule has 1 fully saturated rings. The van der Waals surface area contributed by atoms with Crippen LogP contribution in [0.15, 0.2) is 0 Å². The van der Waals surface area contributed by atoms with Crippen LogP contribution < -0.4 is 5.73 Å². The zero-order valence-corrected chi connectivity index (χ0v) is 5.14. The summed E-state index contributed by atoms with van der Waals surface area (Å²) in [5, 5.41) is 9.04. The standard InChI is InChI=1S/C6H13NO/c7-5-2-1-3-6(8)4-5/h5-6,8H,1-4,7H2/p+1/t5-,6+/m1/s1. The van der Waals surface area contributed by atoms with Gasteiger partial charge in [-0.05, 0) is 19.3 Å². The van der Waals surface area contributed by atoms with Crippen LogP contribution in [0.25, 0.3) is 0 Å². The van der Waals surface area contributed by atoms with E-state index in [1.54, 1.807) is 0 Å². The first-order valence-electron chi connectivity index (χ1n) is 3.30. The fourth-order valence-corrected chi connectivity index (χ4v) is 1.26. The Kier molecular flexibility index (Phi) is 1.86. The summed E-state index contributed by atoms with van der Waals surface area (Å²) in [5.41, 5.74) is 3.89. The fourth-order valence-electron chi connectivity index (χ4n) is 1.26. The summed E-state index contributed by atoms with van der Waals surface area (Å²) in [5.74, 6) is 0. The molecule has 0 aliphatic heterocycles. The topological polar surface area (TPSA) is 47.9 Å². The van der Waals surface area contributed by atoms with Crippen LogP contribution in [0, 0.1) is 0 Å². The Morgan fingerprint density at radius 2 is 2.12 bits per heavy atom. The summed E-state index contributed by atoms with van der Waals surface area (Å²) < 4.78 is 0. The summed E-state index contributed by atoms with van der Waals surface area (Å²) in [6.45, 7) is 0. The summed E-state index contributed by atoms with van der Waals surface area (Å²) in [7, 11) is 0. The van der Waals surface area contributed by atoms with Crippen LogP contribution in [0.4, 0.5) is 0 Å². The van der Waals surface area contributed by atoms with Crippen LogP contribution in [0.1, 0.15) is 25.7 Å². The van der Waals surface area contributed by atoms with Crippen molar-refractivity contribution in [3.8, 4) is 0 Å². The molecule has 1 saturated carbocycles. The molecule has 0 unspecified atom stereocenters. The highest BCUT2D eigenvalue weighted by atomic mass is 16.3. The van der Waals surface area contributed by atoms with E-state index < -0.39 is 0 Å². The largest absolute Gasteiger partial charge is 0.393 e. The van der Waals surface area contributed by atoms with Crippen molar-refractivity contribution in [2.75, 3.05) is 0 Å². The first-order chi connectivity index (χ1) is 3.79. The highest BCUT2D eigenvalue weighted by Gasteiger charge is 2.18. The lowest BCUT2D eigenvalue weighted by Crippen LogP contribution is -2.62. The molecular weight excluding hydrogens is 102 g/mol. The second-order valence-electron chi connectivity index (χ2n) is 2.69. The SMILES string of the molecule is [NH3+][C@@H]1CCC[C@H](O)C1. The van der Waals surface area contributed by atoms with Crippen molar-refractivity contribution in [2.45, 2.75) is 37.8 Å². The molecule has 0 aromatic carbocycles. The Morgan fingerprint density at radius 1 is 1.38 bits per heavy atom. The maximum atomic E-state index is 9.04. The first-order valence-corrected chi connectivity index (χ1v) is 3.30. The maximum Gasteiger partial charge on any atom is 0.0868 e. The zero-order valence-electron chi connectivity index (χ0n) is 5.14. The van der Waals surface area contributed by atoms with Gasteiger partial charge in [-0.25, -0.2) is 0 Å². The minimum atomic E-state index is -0.0498. The molecule has 2 heteroatoms. The van der Waals surface area contributed by atoms with Crippen LogP contribution in [-0.4, -0.2) is 17.3 Å². The van der Waals surface area contributed by atoms with Gasteiger partial charge in [0.2, 0.25) is 0 Å². The Balaban J connectivity index is 2.23. The Labute approximate surface area is 49.7 Å². The lowest BCUT2D eigenvalue weighted by atomic mass is 9.94. The van der Waals surface area contributed by atoms with Crippen molar-refractivity contribution in [1.82, 2.24) is 0 Å². The van der Waals surface area contributed by atoms with Crippen molar-refractivity contribution in [1.29, 1.82) is 0 Å². The molecule has 0 bridgehead atoms. The van der Waals surface area contributed by atoms with Gasteiger partial charge in [0.15, 0.2) is 0 Å². The average Bonchev–Trinajstić information content (AvgIpc) is 1.64. The van der Waals surface area contributed by atoms with Gasteiger partial charge in [0, 0.05) is 6.42 Å². The van der Waals surface area contributed by atoms with Crippen LogP contribution in [0.3, 0.4) is 0 Å². The third-order valence-corrected chi connectivity index (χ3v) is 1.76. The van der Waals surface area contributed by atoms with E-state index in [-0.39, 0.29) is 6.10 Å². The molecule has 4 N–H and O–H groups in total. The normalized spacial score (nSPS) is 39.8. The van der Waals surface area contributed by atoms with Gasteiger partial charge in [0.05, 0.1) is 12.1 Å². The predicted octanol–water partition coefficient (Wildman–Crippen LogP) is -0.468. The third-order valence-electron chi connectivity index (χ3n) is 1.76. The van der Waals surface area contributed by atoms with Gasteiger partial charge in [-0.3, -0.25) is 0 Å². The molecule has 8 heavy (non-hydrogen) atoms. The average molecular weight is 116 g/mol. The Hall–Kier alpha value is -0.0800. The molecule has 0 aromatic rings. The van der Waals surface area contributed by atoms with Gasteiger partial charge in [-0.2, -0.15) is 0 Å². The number of aliphatic hydroxyl groups excluding tert-OH is 1. The molecule has 0 aromatic heterocycles. The van der Waals surface area contributed by atoms with Crippen LogP contribution in [0.2, 0.25) is 0 Å². The van der Waals surface area contributed by atoms with E-state index in [0.29, 0.717) is 6.04 Å². The smallest absolute Gasteiger partial charge is 0.0868 e. The Bertz CT molecular complexity index is 66.9. The molecular formula is C6H14NO+. The maximum absolute atomic E-state index is 9.04. The van der Waals surface area contributed by atoms with Crippen LogP contribution in [0.5, 0.6) is 0 Å². The lowest BCUT2D eigenvalue weighted by molar-refractivity contribution is -0.428. The number of aliphatic hydroxyl groups is 1. The van der Waals surface area contributed by atoms with Gasteiger partial charge in [-0.1, -0.05) is 0 Å². The molecule has 0 amide bonds. The molecule has 1 aliphatic carbocycles. The molecule has 2 atom stereocenters. The minimum Gasteiger partial charge on any atom is -0.393 e. The Morgan fingerprint density at radius 3 is 2.50 bits per heavy atom. The number of hydrogen-bond donors (Lipinski definition) is 2. The van der Waals surface area contributed by atoms with Gasteiger partial charge in [0.25, 0.3) is 0 Å². The van der Waals surface area contributed by atoms with Crippen molar-refractivity contribution in [3.63, 3.8) is 0 Å². The number of quaternary nitrogens is 1. The molecule has 0 saturated heterocycles. The van der Waals surface area contributed by atoms with E-state index >= 15 is 0 Å². The summed E-state index contributed by atoms with van der Waals surface area (Å²) in [6, 6.07) is 0.513. The molecule has 1 rings (SSSR count). The zero-order chi connectivity index (χ0) is 5.98. The van der Waals surface area contributed by atoms with Gasteiger partial charge in [-0.15, -0.1) is 0 Å². The van der Waals surface area contributed by atoms with E-state index in [0.717, 1.165) is 19.3 Å². The number of hydrogen-bond acceptors (Lipinski definition) is 1. The highest BCUT2D eigenvalue weighted by molar-refractivity contribution is 4.68. The monoisotopic (exact) mass is 116 g/mol. The van der Waals surface area contributed by atoms with E-state index in [4.69, 9.17) is 5.11 Å². The van der Waals surface area contributed by atoms with Crippen molar-refractivity contribution >= 4 is 0 Å². The second kappa shape index (κ2) is 2.46. The van der Waals surface area contributed by atoms with Crippen LogP contribution >= 0.6 is 0 Å². The second-order valence-corrected chi connectivity index (χ2v) is 2.69. The van der Waals surface area contributed by atoms with E-state index in [9.17, 15) is 0 Å². The van der Waals surface area contributed by atoms with Crippen molar-refractivity contribution in [2.24, 2.45) is 0 Å². The van der Waals surface area contributed by atoms with E-state index in [1.807, 2.05) is 0 Å². The van der Waals surface area contributed by atoms with E-state index in [2.05, 4.69) is 5.73 Å². The molecule has 2 nitrogen and oxygen atoms in total. The van der Waals surface area contributed by atoms with Gasteiger partial charge < -0.3 is 10.8 Å². The summed E-state index contributed by atoms with van der Waals surface area (Å²) >= 11 is 0. The van der Waals surface area contributed by atoms with Gasteiger partial charge >= 0.3 is 0 Å². The molecule has 0 heterocycles. The molecule has 0 radical (unpaired) electrons. The lowest BCUT2D eigenvalue weighted by Gasteiger charge is -2.19. The quantitative estimate of drug-likeness (QED) is 0.441. The minimum absolute atomic E-state index is 0.0498. The third kappa shape index (κ3) is 1.46. The van der Waals surface area contributed by atoms with Gasteiger partial charge in [0.1, 0.15) is 0 Å². The molecule has 1 aliphatic rings. The molecule has 0 spiro atoms. The highest BCUT2D eigenvalue weighted by Crippen LogP contribution is 2.14. The van der Waals surface area contributed by atoms with Crippen molar-refractivity contribution < 1.29 is 10.8 Å². The first kappa shape index (κ1) is 6.05. The number of rotatable bonds is 0. The fraction of sp³-hybridized carbons (Fsp3) is 1.00. The van der Waals surface area contributed by atoms with Crippen molar-refractivity contribution in [3.05, 3.63) is 0 Å². The van der Waals surface area contributed by atoms with Crippen LogP contribution in [-0.2, 0) is 0 Å². The summed E-state index contributed by atoms with van der Waals surface area (Å²) in [4.78, 5) is 0. The predicted molar refractivity (Wildman–Crippen MR) is 31.2 cm³/mol. The summed E-state index contributed by atoms with van der Waals surface area (Å²) in [6.07, 6.45) is 4.23. The molecule has 48 valence electrons. The van der Waals surface area contributed by atoms with E-state index in [1.165, 1.54) is 6.42 Å².